The Hall–Kier alpha value is -0.690. The van der Waals surface area contributed by atoms with Gasteiger partial charge in [0.2, 0.25) is 0 Å². The van der Waals surface area contributed by atoms with Crippen LogP contribution < -0.4 is 0 Å². The number of carbonyl (C=O) groups is 1. The summed E-state index contributed by atoms with van der Waals surface area (Å²) in [6, 6.07) is 0. The highest BCUT2D eigenvalue weighted by Crippen LogP contribution is 2.35. The molecule has 0 amide bonds. The van der Waals surface area contributed by atoms with E-state index in [4.69, 9.17) is 24.1 Å². The second-order valence-electron chi connectivity index (χ2n) is 6.86. The Balaban J connectivity index is 2.10. The van der Waals surface area contributed by atoms with Crippen LogP contribution in [0.15, 0.2) is 0 Å². The molecule has 0 aromatic carbocycles. The molecular formula is C18H34O6. The van der Waals surface area contributed by atoms with E-state index in [0.717, 1.165) is 12.8 Å². The molecular weight excluding hydrogens is 312 g/mol. The van der Waals surface area contributed by atoms with E-state index < -0.39 is 0 Å². The predicted molar refractivity (Wildman–Crippen MR) is 90.8 cm³/mol. The van der Waals surface area contributed by atoms with Crippen molar-refractivity contribution < 1.29 is 28.8 Å². The summed E-state index contributed by atoms with van der Waals surface area (Å²) in [6.07, 6.45) is 3.31. The van der Waals surface area contributed by atoms with Crippen molar-refractivity contribution in [2.45, 2.75) is 46.1 Å². The highest BCUT2D eigenvalue weighted by Gasteiger charge is 2.33. The molecule has 1 unspecified atom stereocenters. The number of hydrogen-bond acceptors (Lipinski definition) is 6. The van der Waals surface area contributed by atoms with Crippen LogP contribution in [0.1, 0.15) is 40.0 Å². The molecule has 0 aromatic heterocycles. The van der Waals surface area contributed by atoms with Crippen LogP contribution in [0.25, 0.3) is 0 Å². The largest absolute Gasteiger partial charge is 0.460 e. The van der Waals surface area contributed by atoms with E-state index in [0.29, 0.717) is 50.8 Å². The van der Waals surface area contributed by atoms with Gasteiger partial charge in [0, 0.05) is 0 Å². The van der Waals surface area contributed by atoms with Crippen molar-refractivity contribution in [3.63, 3.8) is 0 Å². The number of rotatable bonds is 12. The zero-order valence-electron chi connectivity index (χ0n) is 15.4. The molecule has 0 bridgehead atoms. The van der Waals surface area contributed by atoms with Gasteiger partial charge in [-0.25, -0.2) is 4.79 Å². The first-order valence-electron chi connectivity index (χ1n) is 9.08. The summed E-state index contributed by atoms with van der Waals surface area (Å²) in [6.45, 7) is 8.57. The van der Waals surface area contributed by atoms with Crippen molar-refractivity contribution in [3.05, 3.63) is 0 Å². The van der Waals surface area contributed by atoms with Gasteiger partial charge in [0.25, 0.3) is 0 Å². The smallest absolute Gasteiger partial charge is 0.332 e. The molecule has 142 valence electrons. The quantitative estimate of drug-likeness (QED) is 0.430. The summed E-state index contributed by atoms with van der Waals surface area (Å²) >= 11 is 0. The highest BCUT2D eigenvalue weighted by molar-refractivity contribution is 5.70. The second-order valence-corrected chi connectivity index (χ2v) is 6.86. The molecule has 24 heavy (non-hydrogen) atoms. The van der Waals surface area contributed by atoms with Gasteiger partial charge in [0.1, 0.15) is 12.7 Å². The molecule has 6 heteroatoms. The molecule has 1 saturated carbocycles. The molecule has 0 aliphatic heterocycles. The summed E-state index contributed by atoms with van der Waals surface area (Å²) in [5.74, 6) is 1.30. The zero-order valence-corrected chi connectivity index (χ0v) is 15.4. The average molecular weight is 346 g/mol. The standard InChI is InChI=1S/C18H34O6/c1-14(2)16-5-4-15(3)12-17(16)24-18(20)13-23-11-10-22-9-8-21-7-6-19/h14-17,19H,4-13H2,1-3H3/t15-,16?,17+/m1/s1. The van der Waals surface area contributed by atoms with Gasteiger partial charge >= 0.3 is 5.97 Å². The Kier molecular flexibility index (Phi) is 11.2. The van der Waals surface area contributed by atoms with E-state index in [9.17, 15) is 4.79 Å². The third kappa shape index (κ3) is 8.97. The normalized spacial score (nSPS) is 24.3. The molecule has 3 atom stereocenters. The minimum absolute atomic E-state index is 0.0165. The van der Waals surface area contributed by atoms with Gasteiger partial charge in [0.15, 0.2) is 0 Å². The highest BCUT2D eigenvalue weighted by atomic mass is 16.6. The minimum Gasteiger partial charge on any atom is -0.460 e. The first-order valence-corrected chi connectivity index (χ1v) is 9.08. The molecule has 0 heterocycles. The Morgan fingerprint density at radius 3 is 2.29 bits per heavy atom. The maximum atomic E-state index is 12.0. The fourth-order valence-corrected chi connectivity index (χ4v) is 3.11. The molecule has 1 N–H and O–H groups in total. The molecule has 0 radical (unpaired) electrons. The summed E-state index contributed by atoms with van der Waals surface area (Å²) in [5.41, 5.74) is 0. The van der Waals surface area contributed by atoms with Gasteiger partial charge in [-0.3, -0.25) is 0 Å². The Labute approximate surface area is 145 Å². The molecule has 0 spiro atoms. The van der Waals surface area contributed by atoms with Crippen LogP contribution in [-0.4, -0.2) is 63.4 Å². The van der Waals surface area contributed by atoms with Crippen molar-refractivity contribution in [3.8, 4) is 0 Å². The molecule has 1 rings (SSSR count). The average Bonchev–Trinajstić information content (AvgIpc) is 2.53. The van der Waals surface area contributed by atoms with Gasteiger partial charge in [-0.2, -0.15) is 0 Å². The third-order valence-electron chi connectivity index (χ3n) is 4.44. The zero-order chi connectivity index (χ0) is 17.8. The Morgan fingerprint density at radius 1 is 1.04 bits per heavy atom. The van der Waals surface area contributed by atoms with Crippen LogP contribution in [0.5, 0.6) is 0 Å². The monoisotopic (exact) mass is 346 g/mol. The van der Waals surface area contributed by atoms with E-state index >= 15 is 0 Å². The summed E-state index contributed by atoms with van der Waals surface area (Å²) in [4.78, 5) is 12.0. The summed E-state index contributed by atoms with van der Waals surface area (Å²) in [7, 11) is 0. The number of aliphatic hydroxyl groups excluding tert-OH is 1. The van der Waals surface area contributed by atoms with Crippen molar-refractivity contribution in [1.82, 2.24) is 0 Å². The first-order chi connectivity index (χ1) is 11.5. The van der Waals surface area contributed by atoms with Gasteiger partial charge in [0.05, 0.1) is 39.6 Å². The maximum absolute atomic E-state index is 12.0. The molecule has 0 saturated heterocycles. The lowest BCUT2D eigenvalue weighted by atomic mass is 9.75. The van der Waals surface area contributed by atoms with Crippen LogP contribution in [0, 0.1) is 17.8 Å². The topological polar surface area (TPSA) is 74.2 Å². The lowest BCUT2D eigenvalue weighted by Crippen LogP contribution is -2.36. The molecule has 0 aromatic rings. The number of ether oxygens (including phenoxy) is 4. The SMILES string of the molecule is CC(C)C1CC[C@@H](C)C[C@@H]1OC(=O)COCCOCCOCCO. The van der Waals surface area contributed by atoms with Crippen molar-refractivity contribution in [2.75, 3.05) is 46.2 Å². The predicted octanol–water partition coefficient (Wildman–Crippen LogP) is 2.03. The van der Waals surface area contributed by atoms with Crippen LogP contribution in [0.2, 0.25) is 0 Å². The summed E-state index contributed by atoms with van der Waals surface area (Å²) in [5, 5.41) is 8.54. The van der Waals surface area contributed by atoms with E-state index in [-0.39, 0.29) is 25.3 Å². The number of aliphatic hydroxyl groups is 1. The number of carbonyl (C=O) groups excluding carboxylic acids is 1. The number of esters is 1. The third-order valence-corrected chi connectivity index (χ3v) is 4.44. The molecule has 1 fully saturated rings. The van der Waals surface area contributed by atoms with Crippen molar-refractivity contribution in [1.29, 1.82) is 0 Å². The van der Waals surface area contributed by atoms with Crippen LogP contribution in [-0.2, 0) is 23.7 Å². The lowest BCUT2D eigenvalue weighted by molar-refractivity contribution is -0.161. The Bertz CT molecular complexity index is 333. The van der Waals surface area contributed by atoms with E-state index in [2.05, 4.69) is 20.8 Å². The molecule has 6 nitrogen and oxygen atoms in total. The second kappa shape index (κ2) is 12.6. The number of hydrogen-bond donors (Lipinski definition) is 1. The van der Waals surface area contributed by atoms with Crippen molar-refractivity contribution >= 4 is 5.97 Å². The van der Waals surface area contributed by atoms with Gasteiger partial charge in [-0.05, 0) is 30.6 Å². The lowest BCUT2D eigenvalue weighted by Gasteiger charge is -2.36. The Morgan fingerprint density at radius 2 is 1.67 bits per heavy atom. The van der Waals surface area contributed by atoms with Crippen molar-refractivity contribution in [2.24, 2.45) is 17.8 Å². The molecule has 1 aliphatic carbocycles. The van der Waals surface area contributed by atoms with Gasteiger partial charge in [-0.1, -0.05) is 27.2 Å². The van der Waals surface area contributed by atoms with Gasteiger partial charge in [-0.15, -0.1) is 0 Å². The van der Waals surface area contributed by atoms with E-state index in [1.807, 2.05) is 0 Å². The van der Waals surface area contributed by atoms with Gasteiger partial charge < -0.3 is 24.1 Å². The van der Waals surface area contributed by atoms with E-state index in [1.165, 1.54) is 6.42 Å². The fourth-order valence-electron chi connectivity index (χ4n) is 3.11. The molecule has 1 aliphatic rings. The maximum Gasteiger partial charge on any atom is 0.332 e. The van der Waals surface area contributed by atoms with Crippen LogP contribution >= 0.6 is 0 Å². The van der Waals surface area contributed by atoms with Crippen LogP contribution in [0.3, 0.4) is 0 Å². The minimum atomic E-state index is -0.286. The summed E-state index contributed by atoms with van der Waals surface area (Å²) < 4.78 is 21.3. The van der Waals surface area contributed by atoms with Crippen LogP contribution in [0.4, 0.5) is 0 Å². The fraction of sp³-hybridized carbons (Fsp3) is 0.944. The van der Waals surface area contributed by atoms with E-state index in [1.54, 1.807) is 0 Å². The first kappa shape index (κ1) is 21.4.